The lowest BCUT2D eigenvalue weighted by atomic mass is 10.0. The minimum absolute atomic E-state index is 0.0254. The molecule has 0 saturated carbocycles. The largest absolute Gasteiger partial charge is 0.358 e. The van der Waals surface area contributed by atoms with Crippen molar-refractivity contribution in [1.29, 1.82) is 0 Å². The highest BCUT2D eigenvalue weighted by Gasteiger charge is 2.24. The Labute approximate surface area is 145 Å². The molecule has 1 fully saturated rings. The first-order valence-electron chi connectivity index (χ1n) is 8.69. The fraction of sp³-hybridized carbons (Fsp3) is 0.250. The Morgan fingerprint density at radius 2 is 1.96 bits per heavy atom. The summed E-state index contributed by atoms with van der Waals surface area (Å²) in [7, 11) is 0. The predicted octanol–water partition coefficient (Wildman–Crippen LogP) is 4.35. The van der Waals surface area contributed by atoms with Crippen LogP contribution in [0.25, 0.3) is 33.3 Å². The maximum absolute atomic E-state index is 6.07. The number of benzene rings is 2. The van der Waals surface area contributed by atoms with Gasteiger partial charge in [-0.05, 0) is 30.0 Å². The maximum atomic E-state index is 6.07. The van der Waals surface area contributed by atoms with E-state index in [-0.39, 0.29) is 6.23 Å². The van der Waals surface area contributed by atoms with Crippen LogP contribution < -0.4 is 0 Å². The van der Waals surface area contributed by atoms with E-state index in [1.165, 1.54) is 10.8 Å². The minimum Gasteiger partial charge on any atom is -0.358 e. The molecule has 1 atom stereocenters. The second kappa shape index (κ2) is 5.93. The quantitative estimate of drug-likeness (QED) is 0.548. The topological polar surface area (TPSA) is 52.8 Å². The molecule has 0 bridgehead atoms. The van der Waals surface area contributed by atoms with Gasteiger partial charge in [0.2, 0.25) is 0 Å². The van der Waals surface area contributed by atoms with Crippen molar-refractivity contribution in [2.75, 3.05) is 6.61 Å². The molecular formula is C20H18N4O. The Hall–Kier alpha value is -2.79. The third kappa shape index (κ3) is 2.39. The normalized spacial score (nSPS) is 18.0. The Morgan fingerprint density at radius 1 is 1.04 bits per heavy atom. The van der Waals surface area contributed by atoms with Crippen molar-refractivity contribution in [3.05, 3.63) is 55.0 Å². The van der Waals surface area contributed by atoms with Gasteiger partial charge in [0.05, 0.1) is 6.20 Å². The van der Waals surface area contributed by atoms with Crippen molar-refractivity contribution < 1.29 is 4.74 Å². The molecule has 124 valence electrons. The fourth-order valence-electron chi connectivity index (χ4n) is 3.66. The van der Waals surface area contributed by atoms with E-state index in [2.05, 4.69) is 57.0 Å². The summed E-state index contributed by atoms with van der Waals surface area (Å²) in [6.07, 6.45) is 6.58. The van der Waals surface area contributed by atoms with Crippen LogP contribution >= 0.6 is 0 Å². The van der Waals surface area contributed by atoms with E-state index in [1.807, 2.05) is 0 Å². The number of ether oxygens (including phenoxy) is 1. The van der Waals surface area contributed by atoms with Gasteiger partial charge in [-0.25, -0.2) is 15.0 Å². The van der Waals surface area contributed by atoms with E-state index in [0.717, 1.165) is 48.4 Å². The van der Waals surface area contributed by atoms with Crippen molar-refractivity contribution in [3.63, 3.8) is 0 Å². The number of imidazole rings is 1. The van der Waals surface area contributed by atoms with Gasteiger partial charge in [0.15, 0.2) is 5.65 Å². The van der Waals surface area contributed by atoms with Crippen molar-refractivity contribution in [2.24, 2.45) is 0 Å². The summed E-state index contributed by atoms with van der Waals surface area (Å²) in [4.78, 5) is 13.5. The molecule has 5 rings (SSSR count). The lowest BCUT2D eigenvalue weighted by Crippen LogP contribution is -2.19. The van der Waals surface area contributed by atoms with Crippen LogP contribution in [0, 0.1) is 0 Å². The van der Waals surface area contributed by atoms with Crippen LogP contribution in [0.4, 0.5) is 0 Å². The Bertz CT molecular complexity index is 1040. The molecule has 0 amide bonds. The van der Waals surface area contributed by atoms with Crippen molar-refractivity contribution in [1.82, 2.24) is 19.5 Å². The van der Waals surface area contributed by atoms with Gasteiger partial charge in [0.25, 0.3) is 0 Å². The molecule has 4 aromatic rings. The lowest BCUT2D eigenvalue weighted by Gasteiger charge is -2.25. The number of hydrogen-bond acceptors (Lipinski definition) is 4. The van der Waals surface area contributed by atoms with Gasteiger partial charge in [-0.3, -0.25) is 4.57 Å². The first-order chi connectivity index (χ1) is 12.4. The SMILES string of the molecule is c1ccc2c(-c3nc4cncnc4n3C3CCCCO3)cccc2c1. The number of fused-ring (bicyclic) bond motifs is 2. The number of nitrogens with zero attached hydrogens (tertiary/aromatic N) is 4. The number of rotatable bonds is 2. The lowest BCUT2D eigenvalue weighted by molar-refractivity contribution is -0.0287. The Morgan fingerprint density at radius 3 is 2.88 bits per heavy atom. The van der Waals surface area contributed by atoms with Gasteiger partial charge in [0, 0.05) is 12.2 Å². The molecule has 5 heteroatoms. The van der Waals surface area contributed by atoms with Crippen LogP contribution in [0.1, 0.15) is 25.5 Å². The van der Waals surface area contributed by atoms with Crippen molar-refractivity contribution in [2.45, 2.75) is 25.5 Å². The van der Waals surface area contributed by atoms with Crippen molar-refractivity contribution in [3.8, 4) is 11.4 Å². The summed E-state index contributed by atoms with van der Waals surface area (Å²) >= 11 is 0. The molecule has 3 heterocycles. The molecule has 0 spiro atoms. The molecule has 5 nitrogen and oxygen atoms in total. The van der Waals surface area contributed by atoms with E-state index in [1.54, 1.807) is 12.5 Å². The average Bonchev–Trinajstić information content (AvgIpc) is 3.07. The Kier molecular flexibility index (Phi) is 3.45. The van der Waals surface area contributed by atoms with E-state index in [9.17, 15) is 0 Å². The highest BCUT2D eigenvalue weighted by atomic mass is 16.5. The average molecular weight is 330 g/mol. The van der Waals surface area contributed by atoms with Crippen molar-refractivity contribution >= 4 is 21.9 Å². The zero-order chi connectivity index (χ0) is 16.6. The first kappa shape index (κ1) is 14.5. The van der Waals surface area contributed by atoms with Gasteiger partial charge >= 0.3 is 0 Å². The molecule has 1 aliphatic rings. The van der Waals surface area contributed by atoms with E-state index >= 15 is 0 Å². The molecule has 2 aromatic heterocycles. The first-order valence-corrected chi connectivity index (χ1v) is 8.69. The zero-order valence-electron chi connectivity index (χ0n) is 13.8. The third-order valence-corrected chi connectivity index (χ3v) is 4.83. The fourth-order valence-corrected chi connectivity index (χ4v) is 3.66. The summed E-state index contributed by atoms with van der Waals surface area (Å²) in [5, 5.41) is 2.39. The summed E-state index contributed by atoms with van der Waals surface area (Å²) < 4.78 is 8.22. The van der Waals surface area contributed by atoms with Crippen LogP contribution in [0.15, 0.2) is 55.0 Å². The molecule has 0 aliphatic carbocycles. The molecular weight excluding hydrogens is 312 g/mol. The second-order valence-electron chi connectivity index (χ2n) is 6.38. The number of hydrogen-bond donors (Lipinski definition) is 0. The van der Waals surface area contributed by atoms with Gasteiger partial charge < -0.3 is 4.74 Å². The number of aromatic nitrogens is 4. The molecule has 1 aliphatic heterocycles. The van der Waals surface area contributed by atoms with Crippen LogP contribution in [0.5, 0.6) is 0 Å². The van der Waals surface area contributed by atoms with Gasteiger partial charge in [-0.15, -0.1) is 0 Å². The van der Waals surface area contributed by atoms with E-state index in [4.69, 9.17) is 9.72 Å². The standard InChI is InChI=1S/C20H18N4O/c1-2-8-15-14(6-1)7-5-9-16(15)19-23-17-12-21-13-22-20(17)24(19)18-10-3-4-11-25-18/h1-2,5-9,12-13,18H,3-4,10-11H2. The molecule has 1 unspecified atom stereocenters. The van der Waals surface area contributed by atoms with Gasteiger partial charge in [0.1, 0.15) is 23.9 Å². The molecule has 0 N–H and O–H groups in total. The van der Waals surface area contributed by atoms with Crippen LogP contribution in [0.3, 0.4) is 0 Å². The van der Waals surface area contributed by atoms with E-state index in [0.29, 0.717) is 0 Å². The predicted molar refractivity (Wildman–Crippen MR) is 97.1 cm³/mol. The summed E-state index contributed by atoms with van der Waals surface area (Å²) in [5.41, 5.74) is 2.75. The highest BCUT2D eigenvalue weighted by molar-refractivity contribution is 5.96. The molecule has 1 saturated heterocycles. The van der Waals surface area contributed by atoms with E-state index < -0.39 is 0 Å². The second-order valence-corrected chi connectivity index (χ2v) is 6.38. The third-order valence-electron chi connectivity index (χ3n) is 4.83. The van der Waals surface area contributed by atoms with Gasteiger partial charge in [-0.2, -0.15) is 0 Å². The van der Waals surface area contributed by atoms with Gasteiger partial charge in [-0.1, -0.05) is 42.5 Å². The summed E-state index contributed by atoms with van der Waals surface area (Å²) in [6.45, 7) is 0.782. The minimum atomic E-state index is -0.0254. The zero-order valence-corrected chi connectivity index (χ0v) is 13.8. The summed E-state index contributed by atoms with van der Waals surface area (Å²) in [5.74, 6) is 0.902. The monoisotopic (exact) mass is 330 g/mol. The molecule has 0 radical (unpaired) electrons. The summed E-state index contributed by atoms with van der Waals surface area (Å²) in [6, 6.07) is 14.7. The highest BCUT2D eigenvalue weighted by Crippen LogP contribution is 2.35. The Balaban J connectivity index is 1.80. The molecule has 25 heavy (non-hydrogen) atoms. The van der Waals surface area contributed by atoms with Crippen LogP contribution in [-0.4, -0.2) is 26.1 Å². The molecule has 2 aromatic carbocycles. The maximum Gasteiger partial charge on any atom is 0.165 e. The smallest absolute Gasteiger partial charge is 0.165 e. The van der Waals surface area contributed by atoms with Crippen LogP contribution in [-0.2, 0) is 4.74 Å². The van der Waals surface area contributed by atoms with Crippen LogP contribution in [0.2, 0.25) is 0 Å².